The first-order valence-electron chi connectivity index (χ1n) is 12.6. The smallest absolute Gasteiger partial charge is 0.263 e. The van der Waals surface area contributed by atoms with Gasteiger partial charge in [0, 0.05) is 30.7 Å². The molecule has 1 aliphatic heterocycles. The monoisotopic (exact) mass is 475 g/mol. The molecule has 0 spiro atoms. The summed E-state index contributed by atoms with van der Waals surface area (Å²) in [5.74, 6) is 0.814. The molecule has 3 aromatic rings. The number of fused-ring (bicyclic) bond motifs is 1. The van der Waals surface area contributed by atoms with E-state index in [0.717, 1.165) is 75.8 Å². The highest BCUT2D eigenvalue weighted by molar-refractivity contribution is 5.99. The number of nitrogens with zero attached hydrogens (tertiary/aromatic N) is 5. The Balaban J connectivity index is 1.46. The molecule has 184 valence electrons. The summed E-state index contributed by atoms with van der Waals surface area (Å²) in [5.41, 5.74) is 2.33. The van der Waals surface area contributed by atoms with Crippen molar-refractivity contribution in [3.05, 3.63) is 46.0 Å². The molecule has 1 aliphatic carbocycles. The highest BCUT2D eigenvalue weighted by Crippen LogP contribution is 2.32. The number of aryl methyl sites for hydroxylation is 1. The zero-order valence-electron chi connectivity index (χ0n) is 20.5. The largest absolute Gasteiger partial charge is 0.370 e. The van der Waals surface area contributed by atoms with Gasteiger partial charge in [0.05, 0.1) is 17.4 Å². The molecule has 4 heterocycles. The fraction of sp³-hybridized carbons (Fsp3) is 0.500. The Morgan fingerprint density at radius 3 is 2.46 bits per heavy atom. The van der Waals surface area contributed by atoms with Crippen molar-refractivity contribution in [1.29, 1.82) is 0 Å². The van der Waals surface area contributed by atoms with Gasteiger partial charge < -0.3 is 15.5 Å². The molecule has 2 aliphatic rings. The number of hydrogen-bond donors (Lipinski definition) is 2. The normalized spacial score (nSPS) is 17.4. The Hall–Kier alpha value is -3.33. The summed E-state index contributed by atoms with van der Waals surface area (Å²) in [6, 6.07) is 4.06. The second-order valence-corrected chi connectivity index (χ2v) is 9.57. The van der Waals surface area contributed by atoms with Crippen LogP contribution in [0.15, 0.2) is 29.3 Å². The molecule has 3 aromatic heterocycles. The van der Waals surface area contributed by atoms with E-state index in [1.54, 1.807) is 17.7 Å². The quantitative estimate of drug-likeness (QED) is 0.538. The number of carbonyl (C=O) groups is 1. The van der Waals surface area contributed by atoms with Crippen molar-refractivity contribution in [3.63, 3.8) is 0 Å². The lowest BCUT2D eigenvalue weighted by molar-refractivity contribution is 0.101. The summed E-state index contributed by atoms with van der Waals surface area (Å²) in [7, 11) is 0. The van der Waals surface area contributed by atoms with Gasteiger partial charge in [-0.05, 0) is 70.3 Å². The number of aromatic nitrogens is 4. The number of rotatable bonds is 5. The van der Waals surface area contributed by atoms with Gasteiger partial charge in [-0.3, -0.25) is 14.2 Å². The van der Waals surface area contributed by atoms with Gasteiger partial charge in [0.2, 0.25) is 5.95 Å². The van der Waals surface area contributed by atoms with Gasteiger partial charge >= 0.3 is 0 Å². The van der Waals surface area contributed by atoms with Gasteiger partial charge in [-0.2, -0.15) is 4.98 Å². The molecule has 0 atom stereocenters. The fourth-order valence-electron chi connectivity index (χ4n) is 5.36. The van der Waals surface area contributed by atoms with Crippen molar-refractivity contribution in [2.75, 3.05) is 36.4 Å². The van der Waals surface area contributed by atoms with Gasteiger partial charge in [-0.1, -0.05) is 12.8 Å². The fourth-order valence-corrected chi connectivity index (χ4v) is 5.36. The molecule has 9 heteroatoms. The van der Waals surface area contributed by atoms with Crippen LogP contribution in [0.25, 0.3) is 11.0 Å². The first-order chi connectivity index (χ1) is 17.0. The standard InChI is InChI=1S/C26H33N7O2/c1-17-21-16-29-26(30-22-10-9-20(15-28-22)32-13-5-11-27-12-6-14-32)31-24(21)33(19-7-3-4-8-19)25(35)23(17)18(2)34/h9-10,15-16,19,27H,3-8,11-14H2,1-2H3,(H,28,29,30,31). The van der Waals surface area contributed by atoms with Crippen LogP contribution in [-0.4, -0.2) is 51.5 Å². The molecule has 5 rings (SSSR count). The maximum atomic E-state index is 13.4. The van der Waals surface area contributed by atoms with Crippen LogP contribution in [0.1, 0.15) is 67.4 Å². The van der Waals surface area contributed by atoms with E-state index < -0.39 is 0 Å². The number of hydrogen-bond acceptors (Lipinski definition) is 8. The molecule has 0 radical (unpaired) electrons. The Kier molecular flexibility index (Phi) is 6.77. The second-order valence-electron chi connectivity index (χ2n) is 9.57. The summed E-state index contributed by atoms with van der Waals surface area (Å²) in [5, 5.41) is 7.38. The van der Waals surface area contributed by atoms with Crippen molar-refractivity contribution in [2.45, 2.75) is 58.4 Å². The van der Waals surface area contributed by atoms with E-state index in [9.17, 15) is 9.59 Å². The van der Waals surface area contributed by atoms with E-state index in [0.29, 0.717) is 23.0 Å². The zero-order valence-corrected chi connectivity index (χ0v) is 20.5. The van der Waals surface area contributed by atoms with Gasteiger partial charge in [0.15, 0.2) is 5.78 Å². The highest BCUT2D eigenvalue weighted by atomic mass is 16.1. The number of pyridine rings is 2. The Bertz CT molecular complexity index is 1270. The van der Waals surface area contributed by atoms with Crippen molar-refractivity contribution in [1.82, 2.24) is 24.8 Å². The molecule has 9 nitrogen and oxygen atoms in total. The lowest BCUT2D eigenvalue weighted by Crippen LogP contribution is -2.33. The van der Waals surface area contributed by atoms with Crippen molar-refractivity contribution < 1.29 is 4.79 Å². The van der Waals surface area contributed by atoms with Gasteiger partial charge in [-0.15, -0.1) is 0 Å². The van der Waals surface area contributed by atoms with Crippen LogP contribution in [0.2, 0.25) is 0 Å². The number of ketones is 1. The molecule has 1 saturated carbocycles. The average Bonchev–Trinajstić information content (AvgIpc) is 3.34. The third-order valence-corrected chi connectivity index (χ3v) is 7.17. The molecular formula is C26H33N7O2. The number of nitrogens with one attached hydrogen (secondary N) is 2. The van der Waals surface area contributed by atoms with E-state index in [-0.39, 0.29) is 22.9 Å². The number of carbonyl (C=O) groups excluding carboxylic acids is 1. The zero-order chi connectivity index (χ0) is 24.4. The molecule has 2 N–H and O–H groups in total. The SMILES string of the molecule is CC(=O)c1c(C)c2cnc(Nc3ccc(N4CCCNCCC4)cn3)nc2n(C2CCCC2)c1=O. The maximum Gasteiger partial charge on any atom is 0.263 e. The summed E-state index contributed by atoms with van der Waals surface area (Å²) in [4.78, 5) is 41.9. The predicted molar refractivity (Wildman–Crippen MR) is 138 cm³/mol. The first kappa shape index (κ1) is 23.4. The van der Waals surface area contributed by atoms with Crippen molar-refractivity contribution >= 4 is 34.3 Å². The average molecular weight is 476 g/mol. The Morgan fingerprint density at radius 1 is 1.06 bits per heavy atom. The molecule has 35 heavy (non-hydrogen) atoms. The van der Waals surface area contributed by atoms with Crippen LogP contribution in [0.4, 0.5) is 17.5 Å². The minimum atomic E-state index is -0.245. The summed E-state index contributed by atoms with van der Waals surface area (Å²) < 4.78 is 1.73. The molecule has 2 fully saturated rings. The Labute approximate surface area is 205 Å². The summed E-state index contributed by atoms with van der Waals surface area (Å²) in [6.45, 7) is 7.36. The minimum Gasteiger partial charge on any atom is -0.370 e. The van der Waals surface area contributed by atoms with Crippen LogP contribution < -0.4 is 21.1 Å². The molecule has 0 aromatic carbocycles. The van der Waals surface area contributed by atoms with E-state index in [2.05, 4.69) is 31.6 Å². The summed E-state index contributed by atoms with van der Waals surface area (Å²) in [6.07, 6.45) is 9.78. The van der Waals surface area contributed by atoms with Crippen LogP contribution in [-0.2, 0) is 0 Å². The van der Waals surface area contributed by atoms with Crippen LogP contribution in [0.5, 0.6) is 0 Å². The topological polar surface area (TPSA) is 105 Å². The first-order valence-corrected chi connectivity index (χ1v) is 12.6. The van der Waals surface area contributed by atoms with Crippen LogP contribution in [0, 0.1) is 6.92 Å². The highest BCUT2D eigenvalue weighted by Gasteiger charge is 2.25. The minimum absolute atomic E-state index is 0.0527. The lowest BCUT2D eigenvalue weighted by atomic mass is 10.0. The van der Waals surface area contributed by atoms with Crippen molar-refractivity contribution in [3.8, 4) is 0 Å². The molecule has 0 amide bonds. The molecule has 0 bridgehead atoms. The van der Waals surface area contributed by atoms with Crippen LogP contribution >= 0.6 is 0 Å². The number of Topliss-reactive ketones (excluding diaryl/α,β-unsaturated/α-hetero) is 1. The molecular weight excluding hydrogens is 442 g/mol. The summed E-state index contributed by atoms with van der Waals surface area (Å²) >= 11 is 0. The third-order valence-electron chi connectivity index (χ3n) is 7.17. The van der Waals surface area contributed by atoms with Gasteiger partial charge in [0.25, 0.3) is 5.56 Å². The maximum absolute atomic E-state index is 13.4. The van der Waals surface area contributed by atoms with Crippen LogP contribution in [0.3, 0.4) is 0 Å². The Morgan fingerprint density at radius 2 is 1.80 bits per heavy atom. The number of anilines is 3. The second kappa shape index (κ2) is 10.1. The van der Waals surface area contributed by atoms with Gasteiger partial charge in [0.1, 0.15) is 11.5 Å². The van der Waals surface area contributed by atoms with E-state index in [1.165, 1.54) is 6.92 Å². The molecule has 0 unspecified atom stereocenters. The van der Waals surface area contributed by atoms with E-state index in [4.69, 9.17) is 4.98 Å². The predicted octanol–water partition coefficient (Wildman–Crippen LogP) is 3.75. The molecule has 1 saturated heterocycles. The van der Waals surface area contributed by atoms with Gasteiger partial charge in [-0.25, -0.2) is 9.97 Å². The van der Waals surface area contributed by atoms with Crippen molar-refractivity contribution in [2.24, 2.45) is 0 Å². The van der Waals surface area contributed by atoms with E-state index >= 15 is 0 Å². The lowest BCUT2D eigenvalue weighted by Gasteiger charge is -2.27. The van der Waals surface area contributed by atoms with E-state index in [1.807, 2.05) is 12.3 Å². The third kappa shape index (κ3) is 4.77.